The Labute approximate surface area is 140 Å². The lowest BCUT2D eigenvalue weighted by Crippen LogP contribution is -2.06. The third-order valence-electron chi connectivity index (χ3n) is 3.21. The van der Waals surface area contributed by atoms with Gasteiger partial charge in [-0.25, -0.2) is 0 Å². The summed E-state index contributed by atoms with van der Waals surface area (Å²) in [6.45, 7) is 2.95. The standard InChI is InChI=1S/C18H19ClO4/c1-13-4-6-16(15(19)10-13)22-8-3-9-23-17-7-5-14(12-20)11-18(17)21-2/h4-7,10-12H,3,8-9H2,1-2H3. The summed E-state index contributed by atoms with van der Waals surface area (Å²) in [5, 5.41) is 0.608. The Balaban J connectivity index is 1.80. The van der Waals surface area contributed by atoms with Crippen molar-refractivity contribution in [3.63, 3.8) is 0 Å². The van der Waals surface area contributed by atoms with Crippen molar-refractivity contribution >= 4 is 17.9 Å². The molecule has 0 fully saturated rings. The first-order chi connectivity index (χ1) is 11.1. The van der Waals surface area contributed by atoms with Crippen LogP contribution in [0.15, 0.2) is 36.4 Å². The van der Waals surface area contributed by atoms with E-state index in [4.69, 9.17) is 25.8 Å². The predicted molar refractivity (Wildman–Crippen MR) is 90.2 cm³/mol. The molecule has 122 valence electrons. The molecule has 0 unspecified atom stereocenters. The van der Waals surface area contributed by atoms with Crippen LogP contribution in [0, 0.1) is 6.92 Å². The number of benzene rings is 2. The van der Waals surface area contributed by atoms with E-state index in [1.165, 1.54) is 0 Å². The molecule has 0 aromatic heterocycles. The number of hydrogen-bond acceptors (Lipinski definition) is 4. The van der Waals surface area contributed by atoms with E-state index in [1.807, 2.05) is 25.1 Å². The first-order valence-corrected chi connectivity index (χ1v) is 7.67. The second-order valence-electron chi connectivity index (χ2n) is 5.01. The number of carbonyl (C=O) groups is 1. The molecule has 0 spiro atoms. The summed E-state index contributed by atoms with van der Waals surface area (Å²) in [5.41, 5.74) is 1.64. The summed E-state index contributed by atoms with van der Waals surface area (Å²) in [6.07, 6.45) is 1.47. The molecular formula is C18H19ClO4. The van der Waals surface area contributed by atoms with Gasteiger partial charge in [0.2, 0.25) is 0 Å². The van der Waals surface area contributed by atoms with E-state index in [1.54, 1.807) is 25.3 Å². The topological polar surface area (TPSA) is 44.8 Å². The van der Waals surface area contributed by atoms with Crippen molar-refractivity contribution in [1.29, 1.82) is 0 Å². The van der Waals surface area contributed by atoms with Gasteiger partial charge in [-0.3, -0.25) is 4.79 Å². The average Bonchev–Trinajstić information content (AvgIpc) is 2.56. The molecule has 2 aromatic rings. The van der Waals surface area contributed by atoms with Gasteiger partial charge in [-0.1, -0.05) is 17.7 Å². The zero-order valence-electron chi connectivity index (χ0n) is 13.2. The van der Waals surface area contributed by atoms with Gasteiger partial charge in [-0.2, -0.15) is 0 Å². The molecule has 5 heteroatoms. The Kier molecular flexibility index (Phi) is 6.29. The maximum absolute atomic E-state index is 10.7. The fourth-order valence-electron chi connectivity index (χ4n) is 2.02. The van der Waals surface area contributed by atoms with Crippen LogP contribution in [0.2, 0.25) is 5.02 Å². The minimum Gasteiger partial charge on any atom is -0.493 e. The molecule has 0 atom stereocenters. The van der Waals surface area contributed by atoms with E-state index in [-0.39, 0.29) is 0 Å². The molecule has 0 heterocycles. The third kappa shape index (κ3) is 4.89. The number of methoxy groups -OCH3 is 1. The molecule has 4 nitrogen and oxygen atoms in total. The monoisotopic (exact) mass is 334 g/mol. The lowest BCUT2D eigenvalue weighted by molar-refractivity contribution is 0.112. The third-order valence-corrected chi connectivity index (χ3v) is 3.51. The highest BCUT2D eigenvalue weighted by molar-refractivity contribution is 6.32. The first-order valence-electron chi connectivity index (χ1n) is 7.29. The average molecular weight is 335 g/mol. The molecule has 2 aromatic carbocycles. The molecule has 23 heavy (non-hydrogen) atoms. The van der Waals surface area contributed by atoms with Crippen molar-refractivity contribution in [3.05, 3.63) is 52.5 Å². The Hall–Kier alpha value is -2.20. The Morgan fingerprint density at radius 1 is 1.00 bits per heavy atom. The summed E-state index contributed by atoms with van der Waals surface area (Å²) in [6, 6.07) is 10.7. The highest BCUT2D eigenvalue weighted by Crippen LogP contribution is 2.28. The van der Waals surface area contributed by atoms with Gasteiger partial charge in [-0.15, -0.1) is 0 Å². The summed E-state index contributed by atoms with van der Waals surface area (Å²) >= 11 is 6.11. The minimum absolute atomic E-state index is 0.472. The highest BCUT2D eigenvalue weighted by atomic mass is 35.5. The molecule has 0 aliphatic rings. The molecule has 0 saturated carbocycles. The van der Waals surface area contributed by atoms with Crippen LogP contribution in [-0.2, 0) is 0 Å². The molecular weight excluding hydrogens is 316 g/mol. The van der Waals surface area contributed by atoms with E-state index in [9.17, 15) is 4.79 Å². The van der Waals surface area contributed by atoms with Crippen molar-refractivity contribution < 1.29 is 19.0 Å². The largest absolute Gasteiger partial charge is 0.493 e. The smallest absolute Gasteiger partial charge is 0.161 e. The van der Waals surface area contributed by atoms with Crippen LogP contribution >= 0.6 is 11.6 Å². The van der Waals surface area contributed by atoms with Crippen molar-refractivity contribution in [2.75, 3.05) is 20.3 Å². The SMILES string of the molecule is COc1cc(C=O)ccc1OCCCOc1ccc(C)cc1Cl. The van der Waals surface area contributed by atoms with Crippen LogP contribution in [0.5, 0.6) is 17.2 Å². The van der Waals surface area contributed by atoms with Gasteiger partial charge in [0, 0.05) is 12.0 Å². The Morgan fingerprint density at radius 2 is 1.70 bits per heavy atom. The molecule has 0 aliphatic carbocycles. The van der Waals surface area contributed by atoms with Crippen molar-refractivity contribution in [2.24, 2.45) is 0 Å². The predicted octanol–water partition coefficient (Wildman–Crippen LogP) is 4.32. The number of aryl methyl sites for hydroxylation is 1. The Morgan fingerprint density at radius 3 is 2.35 bits per heavy atom. The molecule has 0 amide bonds. The zero-order valence-corrected chi connectivity index (χ0v) is 13.9. The van der Waals surface area contributed by atoms with Crippen LogP contribution in [-0.4, -0.2) is 26.6 Å². The van der Waals surface area contributed by atoms with Crippen molar-refractivity contribution in [1.82, 2.24) is 0 Å². The molecule has 0 N–H and O–H groups in total. The second-order valence-corrected chi connectivity index (χ2v) is 5.42. The van der Waals surface area contributed by atoms with Gasteiger partial charge in [0.25, 0.3) is 0 Å². The van der Waals surface area contributed by atoms with E-state index < -0.39 is 0 Å². The fraction of sp³-hybridized carbons (Fsp3) is 0.278. The van der Waals surface area contributed by atoms with E-state index in [0.717, 1.165) is 11.8 Å². The lowest BCUT2D eigenvalue weighted by atomic mass is 10.2. The quantitative estimate of drug-likeness (QED) is 0.533. The zero-order chi connectivity index (χ0) is 16.7. The second kappa shape index (κ2) is 8.44. The van der Waals surface area contributed by atoms with Crippen LogP contribution < -0.4 is 14.2 Å². The van der Waals surface area contributed by atoms with E-state index in [2.05, 4.69) is 0 Å². The van der Waals surface area contributed by atoms with Gasteiger partial charge in [-0.05, 0) is 42.8 Å². The lowest BCUT2D eigenvalue weighted by Gasteiger charge is -2.12. The normalized spacial score (nSPS) is 10.2. The highest BCUT2D eigenvalue weighted by Gasteiger charge is 2.06. The number of halogens is 1. The van der Waals surface area contributed by atoms with Gasteiger partial charge >= 0.3 is 0 Å². The van der Waals surface area contributed by atoms with Crippen LogP contribution in [0.3, 0.4) is 0 Å². The maximum atomic E-state index is 10.7. The molecule has 0 radical (unpaired) electrons. The fourth-order valence-corrected chi connectivity index (χ4v) is 2.31. The van der Waals surface area contributed by atoms with Gasteiger partial charge in [0.05, 0.1) is 25.3 Å². The van der Waals surface area contributed by atoms with Gasteiger partial charge < -0.3 is 14.2 Å². The number of hydrogen-bond donors (Lipinski definition) is 0. The van der Waals surface area contributed by atoms with Crippen LogP contribution in [0.4, 0.5) is 0 Å². The molecule has 2 rings (SSSR count). The number of ether oxygens (including phenoxy) is 3. The summed E-state index contributed by atoms with van der Waals surface area (Å²) < 4.78 is 16.5. The van der Waals surface area contributed by atoms with Crippen LogP contribution in [0.25, 0.3) is 0 Å². The first kappa shape index (κ1) is 17.2. The van der Waals surface area contributed by atoms with Crippen LogP contribution in [0.1, 0.15) is 22.3 Å². The molecule has 0 bridgehead atoms. The van der Waals surface area contributed by atoms with E-state index >= 15 is 0 Å². The van der Waals surface area contributed by atoms with Crippen molar-refractivity contribution in [2.45, 2.75) is 13.3 Å². The number of aldehydes is 1. The Bertz CT molecular complexity index is 670. The summed E-state index contributed by atoms with van der Waals surface area (Å²) in [7, 11) is 1.54. The molecule has 0 saturated heterocycles. The maximum Gasteiger partial charge on any atom is 0.161 e. The molecule has 0 aliphatic heterocycles. The van der Waals surface area contributed by atoms with Crippen molar-refractivity contribution in [3.8, 4) is 17.2 Å². The summed E-state index contributed by atoms with van der Waals surface area (Å²) in [4.78, 5) is 10.7. The van der Waals surface area contributed by atoms with Gasteiger partial charge in [0.15, 0.2) is 11.5 Å². The summed E-state index contributed by atoms with van der Waals surface area (Å²) in [5.74, 6) is 1.81. The van der Waals surface area contributed by atoms with E-state index in [0.29, 0.717) is 47.5 Å². The number of rotatable bonds is 8. The number of carbonyl (C=O) groups excluding carboxylic acids is 1. The van der Waals surface area contributed by atoms with Gasteiger partial charge in [0.1, 0.15) is 12.0 Å². The minimum atomic E-state index is 0.472.